The Bertz CT molecular complexity index is 1880. The molecule has 6 rings (SSSR count). The number of ether oxygens (including phenoxy) is 5. The van der Waals surface area contributed by atoms with Crippen molar-refractivity contribution in [2.75, 3.05) is 14.2 Å². The van der Waals surface area contributed by atoms with Crippen LogP contribution < -0.4 is 9.47 Å². The lowest BCUT2D eigenvalue weighted by atomic mass is 9.75. The minimum absolute atomic E-state index is 0.403. The SMILES string of the molecule is COC(CC(C)(C)c1ccccc1)(OC(CC(C)(C)c1ccccc1)(OC)c1cccc(Oc2ccccc2)c1)c1cccc(Oc2ccccc2)c1. The Hall–Kier alpha value is -5.20. The van der Waals surface area contributed by atoms with Crippen molar-refractivity contribution < 1.29 is 23.7 Å². The van der Waals surface area contributed by atoms with Gasteiger partial charge in [-0.1, -0.05) is 149 Å². The highest BCUT2D eigenvalue weighted by molar-refractivity contribution is 5.39. The third-order valence-electron chi connectivity index (χ3n) is 9.95. The van der Waals surface area contributed by atoms with Crippen molar-refractivity contribution in [3.63, 3.8) is 0 Å². The van der Waals surface area contributed by atoms with E-state index in [1.807, 2.05) is 121 Å². The molecule has 2 atom stereocenters. The molecule has 53 heavy (non-hydrogen) atoms. The summed E-state index contributed by atoms with van der Waals surface area (Å²) in [5.41, 5.74) is 3.11. The minimum atomic E-state index is -1.32. The topological polar surface area (TPSA) is 46.2 Å². The number of rotatable bonds is 16. The highest BCUT2D eigenvalue weighted by Crippen LogP contribution is 2.50. The number of benzene rings is 6. The van der Waals surface area contributed by atoms with Gasteiger partial charge in [0.2, 0.25) is 0 Å². The Morgan fingerprint density at radius 2 is 0.660 bits per heavy atom. The molecular weight excluding hydrogens is 657 g/mol. The smallest absolute Gasteiger partial charge is 0.199 e. The number of methoxy groups -OCH3 is 2. The fourth-order valence-electron chi connectivity index (χ4n) is 7.11. The normalized spacial score (nSPS) is 14.2. The van der Waals surface area contributed by atoms with Gasteiger partial charge in [-0.05, 0) is 70.5 Å². The second-order valence-electron chi connectivity index (χ2n) is 14.8. The molecule has 0 radical (unpaired) electrons. The zero-order valence-corrected chi connectivity index (χ0v) is 31.6. The molecule has 0 fully saturated rings. The van der Waals surface area contributed by atoms with E-state index in [0.717, 1.165) is 33.8 Å². The van der Waals surface area contributed by atoms with Gasteiger partial charge in [-0.2, -0.15) is 0 Å². The summed E-state index contributed by atoms with van der Waals surface area (Å²) in [6, 6.07) is 56.5. The fraction of sp³-hybridized carbons (Fsp3) is 0.250. The van der Waals surface area contributed by atoms with E-state index in [0.29, 0.717) is 24.3 Å². The van der Waals surface area contributed by atoms with E-state index in [1.165, 1.54) is 0 Å². The van der Waals surface area contributed by atoms with E-state index in [1.54, 1.807) is 14.2 Å². The summed E-state index contributed by atoms with van der Waals surface area (Å²) in [4.78, 5) is 0. The lowest BCUT2D eigenvalue weighted by molar-refractivity contribution is -0.374. The predicted octanol–water partition coefficient (Wildman–Crippen LogP) is 12.3. The van der Waals surface area contributed by atoms with E-state index in [9.17, 15) is 0 Å². The molecule has 0 heterocycles. The quantitative estimate of drug-likeness (QED) is 0.0938. The third kappa shape index (κ3) is 8.89. The van der Waals surface area contributed by atoms with Crippen LogP contribution in [0.25, 0.3) is 0 Å². The molecule has 0 aliphatic carbocycles. The van der Waals surface area contributed by atoms with Crippen molar-refractivity contribution in [2.45, 2.75) is 62.9 Å². The zero-order valence-electron chi connectivity index (χ0n) is 31.6. The third-order valence-corrected chi connectivity index (χ3v) is 9.95. The molecule has 0 saturated heterocycles. The highest BCUT2D eigenvalue weighted by atomic mass is 16.8. The van der Waals surface area contributed by atoms with Crippen molar-refractivity contribution >= 4 is 0 Å². The minimum Gasteiger partial charge on any atom is -0.457 e. The van der Waals surface area contributed by atoms with E-state index < -0.39 is 22.4 Å². The van der Waals surface area contributed by atoms with Crippen LogP contribution in [0.5, 0.6) is 23.0 Å². The van der Waals surface area contributed by atoms with E-state index in [2.05, 4.69) is 76.2 Å². The molecule has 0 spiro atoms. The molecule has 2 unspecified atom stereocenters. The summed E-state index contributed by atoms with van der Waals surface area (Å²) in [6.45, 7) is 8.89. The molecule has 5 nitrogen and oxygen atoms in total. The maximum absolute atomic E-state index is 7.67. The monoisotopic (exact) mass is 706 g/mol. The lowest BCUT2D eigenvalue weighted by Crippen LogP contribution is -2.49. The standard InChI is InChI=1S/C48H50O5/c1-45(2,37-21-11-7-12-22-37)35-47(49-5,39-25-19-31-43(33-39)51-41-27-15-9-16-28-41)53-48(50-6,36-46(3,4)38-23-13-8-14-24-38)40-26-20-32-44(34-40)52-42-29-17-10-18-30-42/h7-34H,35-36H2,1-6H3. The van der Waals surface area contributed by atoms with Gasteiger partial charge in [0.15, 0.2) is 11.6 Å². The van der Waals surface area contributed by atoms with Crippen LogP contribution in [0.2, 0.25) is 0 Å². The van der Waals surface area contributed by atoms with Gasteiger partial charge in [-0.3, -0.25) is 0 Å². The molecule has 6 aromatic carbocycles. The molecule has 0 aromatic heterocycles. The second-order valence-corrected chi connectivity index (χ2v) is 14.8. The van der Waals surface area contributed by atoms with Crippen molar-refractivity contribution in [1.82, 2.24) is 0 Å². The maximum atomic E-state index is 7.67. The number of hydrogen-bond donors (Lipinski definition) is 0. The van der Waals surface area contributed by atoms with E-state index in [4.69, 9.17) is 23.7 Å². The molecule has 0 aliphatic rings. The molecule has 272 valence electrons. The Kier molecular flexibility index (Phi) is 11.5. The van der Waals surface area contributed by atoms with Gasteiger partial charge < -0.3 is 23.7 Å². The predicted molar refractivity (Wildman–Crippen MR) is 213 cm³/mol. The van der Waals surface area contributed by atoms with Gasteiger partial charge in [-0.15, -0.1) is 0 Å². The van der Waals surface area contributed by atoms with Gasteiger partial charge in [0.1, 0.15) is 23.0 Å². The van der Waals surface area contributed by atoms with Gasteiger partial charge >= 0.3 is 0 Å². The van der Waals surface area contributed by atoms with Crippen LogP contribution in [-0.2, 0) is 36.6 Å². The van der Waals surface area contributed by atoms with Crippen LogP contribution in [0.1, 0.15) is 62.8 Å². The van der Waals surface area contributed by atoms with Gasteiger partial charge in [0.25, 0.3) is 0 Å². The Labute approximate surface area is 315 Å². The Morgan fingerprint density at radius 1 is 0.358 bits per heavy atom. The van der Waals surface area contributed by atoms with Gasteiger partial charge in [-0.25, -0.2) is 0 Å². The van der Waals surface area contributed by atoms with Crippen LogP contribution in [-0.4, -0.2) is 14.2 Å². The first-order valence-electron chi connectivity index (χ1n) is 18.1. The van der Waals surface area contributed by atoms with Crippen LogP contribution in [0, 0.1) is 0 Å². The zero-order chi connectivity index (χ0) is 37.4. The molecular formula is C48H50O5. The lowest BCUT2D eigenvalue weighted by Gasteiger charge is -2.48. The first kappa shape index (κ1) is 37.6. The van der Waals surface area contributed by atoms with Crippen molar-refractivity contribution in [3.05, 3.63) is 192 Å². The molecule has 0 N–H and O–H groups in total. The molecule has 5 heteroatoms. The summed E-state index contributed by atoms with van der Waals surface area (Å²) < 4.78 is 33.8. The summed E-state index contributed by atoms with van der Waals surface area (Å²) in [7, 11) is 3.42. The summed E-state index contributed by atoms with van der Waals surface area (Å²) >= 11 is 0. The van der Waals surface area contributed by atoms with Crippen molar-refractivity contribution in [3.8, 4) is 23.0 Å². The van der Waals surface area contributed by atoms with Crippen molar-refractivity contribution in [1.29, 1.82) is 0 Å². The molecule has 0 amide bonds. The summed E-state index contributed by atoms with van der Waals surface area (Å²) in [5, 5.41) is 0. The van der Waals surface area contributed by atoms with Crippen LogP contribution in [0.15, 0.2) is 170 Å². The molecule has 0 aliphatic heterocycles. The second kappa shape index (κ2) is 16.2. The maximum Gasteiger partial charge on any atom is 0.199 e. The highest BCUT2D eigenvalue weighted by Gasteiger charge is 2.50. The first-order chi connectivity index (χ1) is 25.6. The van der Waals surface area contributed by atoms with Crippen LogP contribution >= 0.6 is 0 Å². The Balaban J connectivity index is 1.52. The average Bonchev–Trinajstić information content (AvgIpc) is 3.19. The first-order valence-corrected chi connectivity index (χ1v) is 18.1. The van der Waals surface area contributed by atoms with Crippen LogP contribution in [0.4, 0.5) is 0 Å². The largest absolute Gasteiger partial charge is 0.457 e. The van der Waals surface area contributed by atoms with E-state index in [-0.39, 0.29) is 0 Å². The van der Waals surface area contributed by atoms with Gasteiger partial charge in [0, 0.05) is 38.2 Å². The molecule has 6 aromatic rings. The number of para-hydroxylation sites is 2. The van der Waals surface area contributed by atoms with Gasteiger partial charge in [0.05, 0.1) is 0 Å². The Morgan fingerprint density at radius 3 is 1.00 bits per heavy atom. The number of hydrogen-bond acceptors (Lipinski definition) is 5. The summed E-state index contributed by atoms with van der Waals surface area (Å²) in [5.74, 6) is 0.168. The molecule has 0 bridgehead atoms. The average molecular weight is 707 g/mol. The fourth-order valence-corrected chi connectivity index (χ4v) is 7.11. The van der Waals surface area contributed by atoms with Crippen molar-refractivity contribution in [2.24, 2.45) is 0 Å². The van der Waals surface area contributed by atoms with E-state index >= 15 is 0 Å². The summed E-state index contributed by atoms with van der Waals surface area (Å²) in [6.07, 6.45) is 0.902. The molecule has 0 saturated carbocycles. The van der Waals surface area contributed by atoms with Crippen LogP contribution in [0.3, 0.4) is 0 Å².